The van der Waals surface area contributed by atoms with E-state index in [0.29, 0.717) is 12.4 Å². The van der Waals surface area contributed by atoms with Crippen molar-refractivity contribution in [1.82, 2.24) is 19.6 Å². The maximum absolute atomic E-state index is 13.1. The molecule has 6 nitrogen and oxygen atoms in total. The van der Waals surface area contributed by atoms with E-state index in [4.69, 9.17) is 4.52 Å². The topological polar surface area (TPSA) is 64.2 Å². The van der Waals surface area contributed by atoms with Gasteiger partial charge in [0.1, 0.15) is 0 Å². The molecule has 2 fully saturated rings. The summed E-state index contributed by atoms with van der Waals surface area (Å²) in [4.78, 5) is 19.4. The smallest absolute Gasteiger partial charge is 0.255 e. The number of aryl methyl sites for hydroxylation is 2. The molecule has 0 radical (unpaired) electrons. The van der Waals surface area contributed by atoms with Gasteiger partial charge in [-0.25, -0.2) is 0 Å². The third-order valence-corrected chi connectivity index (χ3v) is 5.56. The van der Waals surface area contributed by atoms with Crippen LogP contribution in [0, 0.1) is 26.7 Å². The van der Waals surface area contributed by atoms with Gasteiger partial charge in [-0.2, -0.15) is 4.98 Å². The van der Waals surface area contributed by atoms with Crippen molar-refractivity contribution in [2.75, 3.05) is 13.1 Å². The molecule has 1 aliphatic carbocycles. The fourth-order valence-electron chi connectivity index (χ4n) is 3.88. The van der Waals surface area contributed by atoms with E-state index in [1.165, 1.54) is 18.5 Å². The molecule has 1 aliphatic heterocycles. The van der Waals surface area contributed by atoms with Crippen LogP contribution in [0.3, 0.4) is 0 Å². The van der Waals surface area contributed by atoms with Crippen molar-refractivity contribution in [1.29, 1.82) is 0 Å². The van der Waals surface area contributed by atoms with Gasteiger partial charge in [-0.05, 0) is 51.5 Å². The molecular weight excluding hydrogens is 316 g/mol. The summed E-state index contributed by atoms with van der Waals surface area (Å²) in [6.45, 7) is 8.51. The summed E-state index contributed by atoms with van der Waals surface area (Å²) in [6, 6.07) is 2.06. The molecule has 1 saturated carbocycles. The average Bonchev–Trinajstić information content (AvgIpc) is 3.27. The van der Waals surface area contributed by atoms with Crippen LogP contribution in [0.25, 0.3) is 0 Å². The van der Waals surface area contributed by atoms with E-state index in [1.54, 1.807) is 6.92 Å². The molecule has 3 heterocycles. The molecule has 25 heavy (non-hydrogen) atoms. The van der Waals surface area contributed by atoms with Gasteiger partial charge in [-0.15, -0.1) is 0 Å². The predicted molar refractivity (Wildman–Crippen MR) is 93.5 cm³/mol. The predicted octanol–water partition coefficient (Wildman–Crippen LogP) is 3.23. The number of aromatic nitrogens is 3. The van der Waals surface area contributed by atoms with Crippen molar-refractivity contribution < 1.29 is 9.32 Å². The average molecular weight is 342 g/mol. The molecule has 1 atom stereocenters. The van der Waals surface area contributed by atoms with Crippen LogP contribution in [0.15, 0.2) is 10.6 Å². The van der Waals surface area contributed by atoms with Crippen LogP contribution < -0.4 is 0 Å². The van der Waals surface area contributed by atoms with Gasteiger partial charge >= 0.3 is 0 Å². The maximum atomic E-state index is 13.1. The van der Waals surface area contributed by atoms with Crippen molar-refractivity contribution in [2.24, 2.45) is 5.92 Å². The Morgan fingerprint density at radius 1 is 1.28 bits per heavy atom. The summed E-state index contributed by atoms with van der Waals surface area (Å²) in [5.74, 6) is 2.43. The number of carbonyl (C=O) groups excluding carboxylic acids is 1. The van der Waals surface area contributed by atoms with E-state index in [-0.39, 0.29) is 11.8 Å². The molecular formula is C19H26N4O2. The Bertz CT molecular complexity index is 787. The normalized spacial score (nSPS) is 20.9. The van der Waals surface area contributed by atoms with Crippen LogP contribution in [0.2, 0.25) is 0 Å². The molecule has 1 amide bonds. The molecule has 2 aromatic rings. The first-order chi connectivity index (χ1) is 12.0. The van der Waals surface area contributed by atoms with Gasteiger partial charge in [0, 0.05) is 43.9 Å². The molecule has 2 aromatic heterocycles. The molecule has 6 heteroatoms. The Balaban J connectivity index is 1.52. The van der Waals surface area contributed by atoms with Crippen LogP contribution in [0.5, 0.6) is 0 Å². The largest absolute Gasteiger partial charge is 0.348 e. The number of carbonyl (C=O) groups is 1. The molecule has 0 aromatic carbocycles. The maximum Gasteiger partial charge on any atom is 0.255 e. The first-order valence-corrected chi connectivity index (χ1v) is 9.29. The number of hydrogen-bond donors (Lipinski definition) is 0. The fourth-order valence-corrected chi connectivity index (χ4v) is 3.88. The molecule has 0 N–H and O–H groups in total. The standard InChI is InChI=1S/C19H26N4O2/c1-12-9-17(13(2)23(12)10-15-6-7-15)19(24)22-8-4-5-16(11-22)18-20-14(3)25-21-18/h9,15-16H,4-8,10-11H2,1-3H3/t16-/m1/s1. The summed E-state index contributed by atoms with van der Waals surface area (Å²) in [5.41, 5.74) is 3.14. The van der Waals surface area contributed by atoms with E-state index in [2.05, 4.69) is 34.6 Å². The van der Waals surface area contributed by atoms with E-state index < -0.39 is 0 Å². The highest BCUT2D eigenvalue weighted by Crippen LogP contribution is 2.33. The van der Waals surface area contributed by atoms with Gasteiger partial charge in [0.05, 0.1) is 5.56 Å². The molecule has 134 valence electrons. The van der Waals surface area contributed by atoms with Gasteiger partial charge in [0.15, 0.2) is 5.82 Å². The fraction of sp³-hybridized carbons (Fsp3) is 0.632. The SMILES string of the molecule is Cc1nc([C@@H]2CCCN(C(=O)c3cc(C)n(CC4CC4)c3C)C2)no1. The molecule has 0 bridgehead atoms. The highest BCUT2D eigenvalue weighted by atomic mass is 16.5. The van der Waals surface area contributed by atoms with E-state index in [9.17, 15) is 4.79 Å². The lowest BCUT2D eigenvalue weighted by Gasteiger charge is -2.31. The van der Waals surface area contributed by atoms with Crippen molar-refractivity contribution in [3.63, 3.8) is 0 Å². The van der Waals surface area contributed by atoms with Crippen LogP contribution in [0.1, 0.15) is 65.1 Å². The molecule has 0 unspecified atom stereocenters. The van der Waals surface area contributed by atoms with Crippen molar-refractivity contribution in [2.45, 2.75) is 58.9 Å². The lowest BCUT2D eigenvalue weighted by Crippen LogP contribution is -2.39. The second-order valence-electron chi connectivity index (χ2n) is 7.60. The molecule has 0 spiro atoms. The zero-order valence-corrected chi connectivity index (χ0v) is 15.3. The van der Waals surface area contributed by atoms with Crippen LogP contribution in [-0.2, 0) is 6.54 Å². The van der Waals surface area contributed by atoms with Crippen molar-refractivity contribution in [3.05, 3.63) is 34.7 Å². The van der Waals surface area contributed by atoms with Gasteiger partial charge < -0.3 is 14.0 Å². The highest BCUT2D eigenvalue weighted by Gasteiger charge is 2.30. The number of nitrogens with zero attached hydrogens (tertiary/aromatic N) is 4. The Kier molecular flexibility index (Phi) is 4.13. The summed E-state index contributed by atoms with van der Waals surface area (Å²) in [6.07, 6.45) is 4.62. The van der Waals surface area contributed by atoms with E-state index >= 15 is 0 Å². The zero-order valence-electron chi connectivity index (χ0n) is 15.3. The number of amides is 1. The molecule has 4 rings (SSSR count). The summed E-state index contributed by atoms with van der Waals surface area (Å²) in [5, 5.41) is 4.05. The minimum atomic E-state index is 0.139. The van der Waals surface area contributed by atoms with E-state index in [1.807, 2.05) is 4.90 Å². The third kappa shape index (κ3) is 3.22. The Morgan fingerprint density at radius 3 is 2.76 bits per heavy atom. The van der Waals surface area contributed by atoms with Crippen molar-refractivity contribution >= 4 is 5.91 Å². The zero-order chi connectivity index (χ0) is 17.6. The number of hydrogen-bond acceptors (Lipinski definition) is 4. The van der Waals surface area contributed by atoms with Gasteiger partial charge in [-0.3, -0.25) is 4.79 Å². The number of rotatable bonds is 4. The van der Waals surface area contributed by atoms with Crippen LogP contribution in [-0.4, -0.2) is 38.6 Å². The van der Waals surface area contributed by atoms with Crippen LogP contribution >= 0.6 is 0 Å². The second-order valence-corrected chi connectivity index (χ2v) is 7.60. The van der Waals surface area contributed by atoms with Gasteiger partial charge in [0.2, 0.25) is 5.89 Å². The van der Waals surface area contributed by atoms with Crippen LogP contribution in [0.4, 0.5) is 0 Å². The molecule has 2 aliphatic rings. The minimum Gasteiger partial charge on any atom is -0.348 e. The van der Waals surface area contributed by atoms with Gasteiger partial charge in [-0.1, -0.05) is 5.16 Å². The highest BCUT2D eigenvalue weighted by molar-refractivity contribution is 5.95. The number of piperidine rings is 1. The molecule has 1 saturated heterocycles. The Hall–Kier alpha value is -2.11. The Morgan fingerprint density at radius 2 is 2.08 bits per heavy atom. The van der Waals surface area contributed by atoms with E-state index in [0.717, 1.165) is 48.9 Å². The third-order valence-electron chi connectivity index (χ3n) is 5.56. The Labute approximate surface area is 148 Å². The quantitative estimate of drug-likeness (QED) is 0.856. The second kappa shape index (κ2) is 6.32. The first kappa shape index (κ1) is 16.4. The number of likely N-dealkylation sites (tertiary alicyclic amines) is 1. The lowest BCUT2D eigenvalue weighted by molar-refractivity contribution is 0.0702. The first-order valence-electron chi connectivity index (χ1n) is 9.29. The lowest BCUT2D eigenvalue weighted by atomic mass is 9.96. The summed E-state index contributed by atoms with van der Waals surface area (Å²) in [7, 11) is 0. The van der Waals surface area contributed by atoms with Gasteiger partial charge in [0.25, 0.3) is 5.91 Å². The summed E-state index contributed by atoms with van der Waals surface area (Å²) >= 11 is 0. The summed E-state index contributed by atoms with van der Waals surface area (Å²) < 4.78 is 7.43. The minimum absolute atomic E-state index is 0.139. The van der Waals surface area contributed by atoms with Crippen molar-refractivity contribution in [3.8, 4) is 0 Å². The monoisotopic (exact) mass is 342 g/mol.